The van der Waals surface area contributed by atoms with Crippen molar-refractivity contribution in [2.24, 2.45) is 5.41 Å². The summed E-state index contributed by atoms with van der Waals surface area (Å²) in [4.78, 5) is 0. The van der Waals surface area contributed by atoms with Crippen LogP contribution < -0.4 is 14.8 Å². The molecule has 1 atom stereocenters. The van der Waals surface area contributed by atoms with Crippen LogP contribution in [-0.4, -0.2) is 26.3 Å². The van der Waals surface area contributed by atoms with Gasteiger partial charge in [0.2, 0.25) is 0 Å². The molecule has 112 valence electrons. The average molecular weight is 277 g/mol. The number of methoxy groups -OCH3 is 1. The number of hydrogen-bond donors (Lipinski definition) is 1. The van der Waals surface area contributed by atoms with Gasteiger partial charge in [0.15, 0.2) is 11.5 Å². The molecule has 0 amide bonds. The highest BCUT2D eigenvalue weighted by Gasteiger charge is 2.20. The summed E-state index contributed by atoms with van der Waals surface area (Å²) in [6, 6.07) is 8.19. The van der Waals surface area contributed by atoms with Gasteiger partial charge in [-0.3, -0.25) is 0 Å². The van der Waals surface area contributed by atoms with E-state index in [-0.39, 0.29) is 5.41 Å². The summed E-state index contributed by atoms with van der Waals surface area (Å²) in [5.41, 5.74) is 0.0340. The van der Waals surface area contributed by atoms with Crippen LogP contribution in [0.15, 0.2) is 36.9 Å². The molecule has 0 bridgehead atoms. The first kappa shape index (κ1) is 16.6. The van der Waals surface area contributed by atoms with Crippen molar-refractivity contribution in [3.05, 3.63) is 36.9 Å². The minimum absolute atomic E-state index is 0.0340. The van der Waals surface area contributed by atoms with Gasteiger partial charge in [-0.2, -0.15) is 0 Å². The van der Waals surface area contributed by atoms with Crippen LogP contribution in [0.25, 0.3) is 0 Å². The topological polar surface area (TPSA) is 30.5 Å². The van der Waals surface area contributed by atoms with Crippen molar-refractivity contribution in [2.75, 3.05) is 20.3 Å². The van der Waals surface area contributed by atoms with Gasteiger partial charge in [0.25, 0.3) is 0 Å². The summed E-state index contributed by atoms with van der Waals surface area (Å²) in [5.74, 6) is 1.56. The fraction of sp³-hybridized carbons (Fsp3) is 0.529. The number of nitrogens with one attached hydrogen (secondary N) is 1. The minimum atomic E-state index is 0.0340. The molecule has 0 radical (unpaired) electrons. The fourth-order valence-corrected chi connectivity index (χ4v) is 1.83. The molecule has 0 saturated heterocycles. The third-order valence-corrected chi connectivity index (χ3v) is 3.41. The molecule has 1 rings (SSSR count). The lowest BCUT2D eigenvalue weighted by molar-refractivity contribution is 0.233. The largest absolute Gasteiger partial charge is 0.493 e. The Morgan fingerprint density at radius 1 is 1.30 bits per heavy atom. The van der Waals surface area contributed by atoms with Crippen LogP contribution >= 0.6 is 0 Å². The Labute approximate surface area is 123 Å². The van der Waals surface area contributed by atoms with Crippen molar-refractivity contribution in [2.45, 2.75) is 33.2 Å². The highest BCUT2D eigenvalue weighted by atomic mass is 16.5. The maximum Gasteiger partial charge on any atom is 0.161 e. The molecule has 1 aromatic carbocycles. The molecule has 1 N–H and O–H groups in total. The molecule has 0 aliphatic rings. The molecule has 0 aromatic heterocycles. The SMILES string of the molecule is C=CC(C)(CCOc1ccccc1OC)CNC(C)C. The predicted octanol–water partition coefficient (Wildman–Crippen LogP) is 3.65. The van der Waals surface area contributed by atoms with E-state index in [9.17, 15) is 0 Å². The second kappa shape index (κ2) is 7.95. The van der Waals surface area contributed by atoms with E-state index in [2.05, 4.69) is 32.7 Å². The van der Waals surface area contributed by atoms with Crippen LogP contribution in [0, 0.1) is 5.41 Å². The zero-order chi connectivity index (χ0) is 15.0. The van der Waals surface area contributed by atoms with Gasteiger partial charge in [-0.15, -0.1) is 6.58 Å². The lowest BCUT2D eigenvalue weighted by Crippen LogP contribution is -2.35. The van der Waals surface area contributed by atoms with Crippen LogP contribution in [0.3, 0.4) is 0 Å². The molecule has 0 fully saturated rings. The first-order valence-corrected chi connectivity index (χ1v) is 7.13. The Morgan fingerprint density at radius 3 is 2.50 bits per heavy atom. The van der Waals surface area contributed by atoms with Crippen LogP contribution in [0.1, 0.15) is 27.2 Å². The van der Waals surface area contributed by atoms with E-state index in [4.69, 9.17) is 9.47 Å². The van der Waals surface area contributed by atoms with Gasteiger partial charge in [0, 0.05) is 18.0 Å². The first-order valence-electron chi connectivity index (χ1n) is 7.13. The molecular formula is C17H27NO2. The molecule has 0 aliphatic heterocycles. The van der Waals surface area contributed by atoms with Crippen molar-refractivity contribution in [1.82, 2.24) is 5.32 Å². The summed E-state index contributed by atoms with van der Waals surface area (Å²) >= 11 is 0. The summed E-state index contributed by atoms with van der Waals surface area (Å²) < 4.78 is 11.1. The summed E-state index contributed by atoms with van der Waals surface area (Å²) in [6.07, 6.45) is 2.92. The number of hydrogen-bond acceptors (Lipinski definition) is 3. The smallest absolute Gasteiger partial charge is 0.161 e. The van der Waals surface area contributed by atoms with E-state index in [0.29, 0.717) is 12.6 Å². The van der Waals surface area contributed by atoms with E-state index in [0.717, 1.165) is 24.5 Å². The maximum absolute atomic E-state index is 5.83. The lowest BCUT2D eigenvalue weighted by Gasteiger charge is -2.27. The van der Waals surface area contributed by atoms with Crippen LogP contribution in [-0.2, 0) is 0 Å². The molecule has 3 nitrogen and oxygen atoms in total. The Bertz CT molecular complexity index is 417. The Kier molecular flexibility index (Phi) is 6.59. The summed E-state index contributed by atoms with van der Waals surface area (Å²) in [5, 5.41) is 3.46. The highest BCUT2D eigenvalue weighted by Crippen LogP contribution is 2.28. The zero-order valence-corrected chi connectivity index (χ0v) is 13.1. The first-order chi connectivity index (χ1) is 9.50. The summed E-state index contributed by atoms with van der Waals surface area (Å²) in [6.45, 7) is 12.0. The molecule has 1 unspecified atom stereocenters. The van der Waals surface area contributed by atoms with Gasteiger partial charge >= 0.3 is 0 Å². The van der Waals surface area contributed by atoms with Crippen molar-refractivity contribution in [1.29, 1.82) is 0 Å². The van der Waals surface area contributed by atoms with Gasteiger partial charge in [-0.05, 0) is 18.6 Å². The Balaban J connectivity index is 2.50. The second-order valence-corrected chi connectivity index (χ2v) is 5.64. The molecule has 0 spiro atoms. The third-order valence-electron chi connectivity index (χ3n) is 3.41. The monoisotopic (exact) mass is 277 g/mol. The van der Waals surface area contributed by atoms with Crippen molar-refractivity contribution in [3.63, 3.8) is 0 Å². The number of ether oxygens (including phenoxy) is 2. The number of rotatable bonds is 9. The normalized spacial score (nSPS) is 13.8. The fourth-order valence-electron chi connectivity index (χ4n) is 1.83. The molecule has 20 heavy (non-hydrogen) atoms. The van der Waals surface area contributed by atoms with E-state index in [1.54, 1.807) is 7.11 Å². The number of para-hydroxylation sites is 2. The van der Waals surface area contributed by atoms with E-state index < -0.39 is 0 Å². The van der Waals surface area contributed by atoms with Gasteiger partial charge in [-0.1, -0.05) is 39.0 Å². The summed E-state index contributed by atoms with van der Waals surface area (Å²) in [7, 11) is 1.66. The van der Waals surface area contributed by atoms with E-state index >= 15 is 0 Å². The second-order valence-electron chi connectivity index (χ2n) is 5.64. The third kappa shape index (κ3) is 5.25. The van der Waals surface area contributed by atoms with Crippen LogP contribution in [0.4, 0.5) is 0 Å². The molecule has 0 aliphatic carbocycles. The van der Waals surface area contributed by atoms with Gasteiger partial charge in [-0.25, -0.2) is 0 Å². The van der Waals surface area contributed by atoms with E-state index in [1.165, 1.54) is 0 Å². The van der Waals surface area contributed by atoms with E-state index in [1.807, 2.05) is 30.3 Å². The Morgan fingerprint density at radius 2 is 1.95 bits per heavy atom. The number of benzene rings is 1. The van der Waals surface area contributed by atoms with Crippen LogP contribution in [0.5, 0.6) is 11.5 Å². The van der Waals surface area contributed by atoms with Crippen molar-refractivity contribution < 1.29 is 9.47 Å². The lowest BCUT2D eigenvalue weighted by atomic mass is 9.87. The van der Waals surface area contributed by atoms with Gasteiger partial charge in [0.05, 0.1) is 13.7 Å². The van der Waals surface area contributed by atoms with Crippen LogP contribution in [0.2, 0.25) is 0 Å². The minimum Gasteiger partial charge on any atom is -0.493 e. The molecule has 0 heterocycles. The molecular weight excluding hydrogens is 250 g/mol. The zero-order valence-electron chi connectivity index (χ0n) is 13.1. The molecule has 0 saturated carbocycles. The molecule has 1 aromatic rings. The van der Waals surface area contributed by atoms with Gasteiger partial charge in [0.1, 0.15) is 0 Å². The Hall–Kier alpha value is -1.48. The van der Waals surface area contributed by atoms with Gasteiger partial charge < -0.3 is 14.8 Å². The van der Waals surface area contributed by atoms with Crippen molar-refractivity contribution in [3.8, 4) is 11.5 Å². The van der Waals surface area contributed by atoms with Crippen molar-refractivity contribution >= 4 is 0 Å². The highest BCUT2D eigenvalue weighted by molar-refractivity contribution is 5.39. The molecule has 3 heteroatoms. The predicted molar refractivity (Wildman–Crippen MR) is 84.5 cm³/mol. The maximum atomic E-state index is 5.83. The quantitative estimate of drug-likeness (QED) is 0.699. The average Bonchev–Trinajstić information content (AvgIpc) is 2.45. The standard InChI is InChI=1S/C17H27NO2/c1-6-17(4,13-18-14(2)3)11-12-20-16-10-8-7-9-15(16)19-5/h6-10,14,18H,1,11-13H2,2-5H3.